The number of hydrogen-bond donors (Lipinski definition) is 0. The Hall–Kier alpha value is 0.683. The van der Waals surface area contributed by atoms with Crippen molar-refractivity contribution >= 4 is 0 Å². The fraction of sp³-hybridized carbons (Fsp3) is 1.00. The Morgan fingerprint density at radius 1 is 0.571 bits per heavy atom. The van der Waals surface area contributed by atoms with Gasteiger partial charge in [0, 0.05) is 0 Å². The van der Waals surface area contributed by atoms with Gasteiger partial charge in [-0.25, -0.2) is 0 Å². The van der Waals surface area contributed by atoms with E-state index in [4.69, 9.17) is 0 Å². The van der Waals surface area contributed by atoms with Gasteiger partial charge in [-0.15, -0.1) is 0 Å². The molecule has 0 saturated carbocycles. The van der Waals surface area contributed by atoms with E-state index in [0.717, 1.165) is 0 Å². The summed E-state index contributed by atoms with van der Waals surface area (Å²) in [6.45, 7) is 17.3. The topological polar surface area (TPSA) is 17.1 Å². The molecule has 0 fully saturated rings. The van der Waals surface area contributed by atoms with Crippen molar-refractivity contribution in [2.75, 3.05) is 0 Å². The van der Waals surface area contributed by atoms with Crippen LogP contribution in [0.3, 0.4) is 0 Å². The van der Waals surface area contributed by atoms with Crippen molar-refractivity contribution in [2.24, 2.45) is 0 Å². The molecule has 0 amide bonds. The standard InChI is InChI=1S/4C3H7.O.Zr/c4*1-3-2;;/h4*3H,1-2H3;;. The predicted octanol–water partition coefficient (Wildman–Crippen LogP) is 5.33. The predicted molar refractivity (Wildman–Crippen MR) is 61.1 cm³/mol. The van der Waals surface area contributed by atoms with Gasteiger partial charge < -0.3 is 0 Å². The molecule has 14 heavy (non-hydrogen) atoms. The molecule has 0 aromatic rings. The maximum absolute atomic E-state index is 13.7. The monoisotopic (exact) mass is 278 g/mol. The molecule has 1 nitrogen and oxygen atoms in total. The van der Waals surface area contributed by atoms with Crippen molar-refractivity contribution in [3.63, 3.8) is 0 Å². The van der Waals surface area contributed by atoms with E-state index in [2.05, 4.69) is 55.4 Å². The van der Waals surface area contributed by atoms with Crippen LogP contribution in [0.1, 0.15) is 55.4 Å². The van der Waals surface area contributed by atoms with Crippen molar-refractivity contribution in [1.82, 2.24) is 0 Å². The zero-order chi connectivity index (χ0) is 11.8. The Kier molecular flexibility index (Phi) is 4.49. The van der Waals surface area contributed by atoms with Crippen LogP contribution in [0, 0.1) is 0 Å². The molecule has 0 aliphatic carbocycles. The molecular weight excluding hydrogens is 251 g/mol. The molecule has 0 spiro atoms. The van der Waals surface area contributed by atoms with Crippen molar-refractivity contribution in [3.8, 4) is 0 Å². The second-order valence-corrected chi connectivity index (χ2v) is 24.7. The van der Waals surface area contributed by atoms with Crippen LogP contribution in [-0.2, 0) is 21.6 Å². The number of hydrogen-bond acceptors (Lipinski definition) is 1. The van der Waals surface area contributed by atoms with Crippen LogP contribution < -0.4 is 0 Å². The zero-order valence-corrected chi connectivity index (χ0v) is 13.7. The zero-order valence-electron chi connectivity index (χ0n) is 11.2. The normalized spacial score (nSPS) is 14.9. The molecule has 0 aliphatic heterocycles. The Morgan fingerprint density at radius 2 is 0.714 bits per heavy atom. The Morgan fingerprint density at radius 3 is 0.714 bits per heavy atom. The van der Waals surface area contributed by atoms with Crippen molar-refractivity contribution < 1.29 is 21.6 Å². The average Bonchev–Trinajstić information content (AvgIpc) is 2.00. The molecule has 2 heteroatoms. The second-order valence-electron chi connectivity index (χ2n) is 6.09. The summed E-state index contributed by atoms with van der Waals surface area (Å²) in [5, 5.41) is 0. The summed E-state index contributed by atoms with van der Waals surface area (Å²) in [6, 6.07) is 0. The quantitative estimate of drug-likeness (QED) is 0.679. The first-order valence-electron chi connectivity index (χ1n) is 5.98. The Balaban J connectivity index is 5.77. The molecule has 0 aromatic heterocycles. The fourth-order valence-corrected chi connectivity index (χ4v) is 23.7. The fourth-order valence-electron chi connectivity index (χ4n) is 4.00. The summed E-state index contributed by atoms with van der Waals surface area (Å²) in [5.74, 6) is 0. The van der Waals surface area contributed by atoms with E-state index in [1.54, 1.807) is 0 Å². The van der Waals surface area contributed by atoms with Crippen molar-refractivity contribution in [2.45, 2.75) is 69.9 Å². The first-order chi connectivity index (χ1) is 6.10. The molecule has 0 heterocycles. The van der Waals surface area contributed by atoms with Gasteiger partial charge in [0.05, 0.1) is 0 Å². The molecule has 0 N–H and O–H groups in total. The van der Waals surface area contributed by atoms with E-state index < -0.39 is 18.8 Å². The molecule has 0 aliphatic rings. The van der Waals surface area contributed by atoms with Crippen LogP contribution in [0.2, 0.25) is 14.5 Å². The molecule has 0 bridgehead atoms. The SMILES string of the molecule is C[CH](C)[Zr](=[O])([CH](C)C)([CH](C)C)[CH](C)C. The Bertz CT molecular complexity index is 196. The van der Waals surface area contributed by atoms with E-state index in [9.17, 15) is 2.81 Å². The van der Waals surface area contributed by atoms with Crippen LogP contribution in [0.15, 0.2) is 0 Å². The molecule has 86 valence electrons. The third-order valence-corrected chi connectivity index (χ3v) is 29.2. The van der Waals surface area contributed by atoms with E-state index in [0.29, 0.717) is 14.5 Å². The number of rotatable bonds is 4. The van der Waals surface area contributed by atoms with Crippen molar-refractivity contribution in [1.29, 1.82) is 0 Å². The summed E-state index contributed by atoms with van der Waals surface area (Å²) in [5.41, 5.74) is 0. The molecule has 0 radical (unpaired) electrons. The summed E-state index contributed by atoms with van der Waals surface area (Å²) >= 11 is -3.83. The molecule has 0 aromatic carbocycles. The van der Waals surface area contributed by atoms with E-state index in [-0.39, 0.29) is 0 Å². The van der Waals surface area contributed by atoms with Gasteiger partial charge in [0.2, 0.25) is 0 Å². The molecule has 0 unspecified atom stereocenters. The minimum atomic E-state index is -3.83. The summed E-state index contributed by atoms with van der Waals surface area (Å²) < 4.78 is 15.2. The van der Waals surface area contributed by atoms with Crippen LogP contribution in [0.4, 0.5) is 0 Å². The second kappa shape index (κ2) is 4.28. The average molecular weight is 280 g/mol. The Labute approximate surface area is 91.2 Å². The summed E-state index contributed by atoms with van der Waals surface area (Å²) in [6.07, 6.45) is 0. The van der Waals surface area contributed by atoms with Gasteiger partial charge in [0.1, 0.15) is 0 Å². The van der Waals surface area contributed by atoms with Gasteiger partial charge in [-0.1, -0.05) is 0 Å². The molecule has 0 saturated heterocycles. The first-order valence-corrected chi connectivity index (χ1v) is 12.7. The van der Waals surface area contributed by atoms with Gasteiger partial charge in [-0.05, 0) is 0 Å². The maximum atomic E-state index is 13.7. The van der Waals surface area contributed by atoms with E-state index in [1.807, 2.05) is 0 Å². The van der Waals surface area contributed by atoms with E-state index >= 15 is 0 Å². The van der Waals surface area contributed by atoms with Gasteiger partial charge in [0.25, 0.3) is 0 Å². The molecule has 0 atom stereocenters. The summed E-state index contributed by atoms with van der Waals surface area (Å²) in [4.78, 5) is 0. The van der Waals surface area contributed by atoms with Gasteiger partial charge in [-0.3, -0.25) is 0 Å². The van der Waals surface area contributed by atoms with E-state index in [1.165, 1.54) is 0 Å². The van der Waals surface area contributed by atoms with Crippen LogP contribution in [-0.4, -0.2) is 0 Å². The third-order valence-electron chi connectivity index (χ3n) is 4.94. The summed E-state index contributed by atoms with van der Waals surface area (Å²) in [7, 11) is 0. The van der Waals surface area contributed by atoms with Crippen LogP contribution >= 0.6 is 0 Å². The van der Waals surface area contributed by atoms with Crippen LogP contribution in [0.25, 0.3) is 0 Å². The van der Waals surface area contributed by atoms with Crippen LogP contribution in [0.5, 0.6) is 0 Å². The third kappa shape index (κ3) is 1.62. The van der Waals surface area contributed by atoms with Crippen molar-refractivity contribution in [3.05, 3.63) is 0 Å². The molecular formula is C12H28OZr. The molecule has 0 rings (SSSR count). The van der Waals surface area contributed by atoms with Gasteiger partial charge in [-0.2, -0.15) is 0 Å². The first kappa shape index (κ1) is 14.7. The van der Waals surface area contributed by atoms with Gasteiger partial charge in [0.15, 0.2) is 0 Å². The minimum absolute atomic E-state index is 0.372. The van der Waals surface area contributed by atoms with Gasteiger partial charge >= 0.3 is 91.5 Å².